The topological polar surface area (TPSA) is 68.2 Å². The van der Waals surface area contributed by atoms with Gasteiger partial charge in [-0.1, -0.05) is 30.3 Å². The summed E-state index contributed by atoms with van der Waals surface area (Å²) < 4.78 is 10.2. The van der Waals surface area contributed by atoms with Crippen molar-refractivity contribution < 1.29 is 19.1 Å². The van der Waals surface area contributed by atoms with E-state index < -0.39 is 5.97 Å². The van der Waals surface area contributed by atoms with Gasteiger partial charge in [0.25, 0.3) is 5.91 Å². The number of carbonyl (C=O) groups is 2. The van der Waals surface area contributed by atoms with E-state index in [1.54, 1.807) is 24.0 Å². The molecular formula is C23H24N2O4S. The van der Waals surface area contributed by atoms with Crippen LogP contribution in [0.2, 0.25) is 0 Å². The van der Waals surface area contributed by atoms with Gasteiger partial charge in [-0.15, -0.1) is 0 Å². The summed E-state index contributed by atoms with van der Waals surface area (Å²) in [5, 5.41) is 0.668. The summed E-state index contributed by atoms with van der Waals surface area (Å²) in [7, 11) is 0. The van der Waals surface area contributed by atoms with E-state index in [2.05, 4.69) is 4.99 Å². The van der Waals surface area contributed by atoms with Crippen molar-refractivity contribution in [2.24, 2.45) is 4.99 Å². The quantitative estimate of drug-likeness (QED) is 0.478. The molecule has 1 heterocycles. The molecule has 0 radical (unpaired) electrons. The Labute approximate surface area is 180 Å². The third-order valence-corrected chi connectivity index (χ3v) is 5.16. The third-order valence-electron chi connectivity index (χ3n) is 4.17. The first-order chi connectivity index (χ1) is 14.5. The molecule has 1 saturated heterocycles. The molecule has 0 N–H and O–H groups in total. The number of amides is 1. The van der Waals surface area contributed by atoms with Crippen LogP contribution in [-0.4, -0.2) is 41.2 Å². The van der Waals surface area contributed by atoms with Gasteiger partial charge in [0.1, 0.15) is 5.75 Å². The van der Waals surface area contributed by atoms with Crippen LogP contribution in [0.5, 0.6) is 5.75 Å². The Hall–Kier alpha value is -3.06. The fourth-order valence-electron chi connectivity index (χ4n) is 2.79. The lowest BCUT2D eigenvalue weighted by Gasteiger charge is -2.19. The number of benzene rings is 2. The molecule has 2 aromatic carbocycles. The number of ether oxygens (including phenoxy) is 2. The minimum Gasteiger partial charge on any atom is -0.482 e. The molecule has 0 atom stereocenters. The predicted octanol–water partition coefficient (Wildman–Crippen LogP) is 4.64. The van der Waals surface area contributed by atoms with Crippen LogP contribution in [0, 0.1) is 0 Å². The predicted molar refractivity (Wildman–Crippen MR) is 120 cm³/mol. The Morgan fingerprint density at radius 2 is 1.83 bits per heavy atom. The van der Waals surface area contributed by atoms with E-state index in [0.717, 1.165) is 11.3 Å². The fourth-order valence-corrected chi connectivity index (χ4v) is 3.91. The van der Waals surface area contributed by atoms with E-state index in [0.29, 0.717) is 22.4 Å². The molecule has 0 bridgehead atoms. The first-order valence-corrected chi connectivity index (χ1v) is 10.5. The van der Waals surface area contributed by atoms with E-state index in [1.807, 2.05) is 62.4 Å². The zero-order valence-corrected chi connectivity index (χ0v) is 18.0. The molecule has 30 heavy (non-hydrogen) atoms. The van der Waals surface area contributed by atoms with Crippen LogP contribution in [0.4, 0.5) is 5.69 Å². The summed E-state index contributed by atoms with van der Waals surface area (Å²) in [5.74, 6) is 0.0914. The molecule has 0 unspecified atom stereocenters. The first-order valence-electron chi connectivity index (χ1n) is 9.73. The lowest BCUT2D eigenvalue weighted by Crippen LogP contribution is -2.35. The molecule has 0 aliphatic carbocycles. The minimum absolute atomic E-state index is 0.00276. The van der Waals surface area contributed by atoms with Crippen LogP contribution in [0.3, 0.4) is 0 Å². The standard InChI is InChI=1S/C23H24N2O4S/c1-4-28-21(26)15-29-19-12-10-17(11-13-19)14-20-22(27)25(16(2)3)23(30-20)24-18-8-6-5-7-9-18/h5-14,16H,4,15H2,1-3H3/b20-14+,24-23?. The van der Waals surface area contributed by atoms with Gasteiger partial charge in [0, 0.05) is 6.04 Å². The highest BCUT2D eigenvalue weighted by atomic mass is 32.2. The minimum atomic E-state index is -0.407. The Morgan fingerprint density at radius 3 is 2.47 bits per heavy atom. The lowest BCUT2D eigenvalue weighted by molar-refractivity contribution is -0.145. The Kier molecular flexibility index (Phi) is 7.30. The number of hydrogen-bond acceptors (Lipinski definition) is 6. The molecule has 7 heteroatoms. The zero-order chi connectivity index (χ0) is 21.5. The number of esters is 1. The maximum Gasteiger partial charge on any atom is 0.344 e. The number of para-hydroxylation sites is 1. The van der Waals surface area contributed by atoms with Crippen LogP contribution in [0.15, 0.2) is 64.5 Å². The van der Waals surface area contributed by atoms with Crippen LogP contribution < -0.4 is 4.74 Å². The molecule has 0 spiro atoms. The van der Waals surface area contributed by atoms with Crippen molar-refractivity contribution in [2.45, 2.75) is 26.8 Å². The second-order valence-corrected chi connectivity index (χ2v) is 7.78. The molecule has 6 nitrogen and oxygen atoms in total. The van der Waals surface area contributed by atoms with Gasteiger partial charge < -0.3 is 9.47 Å². The van der Waals surface area contributed by atoms with Crippen LogP contribution in [0.25, 0.3) is 6.08 Å². The average molecular weight is 425 g/mol. The largest absolute Gasteiger partial charge is 0.482 e. The summed E-state index contributed by atoms with van der Waals surface area (Å²) in [6.45, 7) is 5.88. The zero-order valence-electron chi connectivity index (χ0n) is 17.2. The summed E-state index contributed by atoms with van der Waals surface area (Å²) in [6, 6.07) is 16.8. The van der Waals surface area contributed by atoms with Gasteiger partial charge in [-0.2, -0.15) is 0 Å². The highest BCUT2D eigenvalue weighted by Crippen LogP contribution is 2.35. The van der Waals surface area contributed by atoms with Gasteiger partial charge in [-0.3, -0.25) is 9.69 Å². The van der Waals surface area contributed by atoms with Crippen molar-refractivity contribution in [1.82, 2.24) is 4.90 Å². The smallest absolute Gasteiger partial charge is 0.344 e. The molecule has 1 amide bonds. The summed E-state index contributed by atoms with van der Waals surface area (Å²) in [6.07, 6.45) is 1.84. The molecule has 1 aliphatic rings. The van der Waals surface area contributed by atoms with Crippen LogP contribution in [-0.2, 0) is 14.3 Å². The number of aliphatic imine (C=N–C) groups is 1. The molecule has 1 aliphatic heterocycles. The molecule has 156 valence electrons. The maximum absolute atomic E-state index is 12.9. The van der Waals surface area contributed by atoms with Crippen molar-refractivity contribution in [3.8, 4) is 5.75 Å². The van der Waals surface area contributed by atoms with E-state index in [9.17, 15) is 9.59 Å². The van der Waals surface area contributed by atoms with Crippen LogP contribution >= 0.6 is 11.8 Å². The molecule has 2 aromatic rings. The van der Waals surface area contributed by atoms with Crippen molar-refractivity contribution in [3.05, 3.63) is 65.1 Å². The molecule has 3 rings (SSSR count). The third kappa shape index (κ3) is 5.51. The van der Waals surface area contributed by atoms with E-state index in [4.69, 9.17) is 9.47 Å². The van der Waals surface area contributed by atoms with Gasteiger partial charge in [0.2, 0.25) is 0 Å². The van der Waals surface area contributed by atoms with E-state index in [1.165, 1.54) is 11.8 Å². The SMILES string of the molecule is CCOC(=O)COc1ccc(/C=C2/SC(=Nc3ccccc3)N(C(C)C)C2=O)cc1. The van der Waals surface area contributed by atoms with Crippen molar-refractivity contribution >= 4 is 40.6 Å². The highest BCUT2D eigenvalue weighted by molar-refractivity contribution is 8.18. The number of thioether (sulfide) groups is 1. The maximum atomic E-state index is 12.9. The summed E-state index contributed by atoms with van der Waals surface area (Å²) >= 11 is 1.36. The van der Waals surface area contributed by atoms with Crippen molar-refractivity contribution in [3.63, 3.8) is 0 Å². The second kappa shape index (κ2) is 10.1. The van der Waals surface area contributed by atoms with Crippen molar-refractivity contribution in [2.75, 3.05) is 13.2 Å². The lowest BCUT2D eigenvalue weighted by atomic mass is 10.2. The van der Waals surface area contributed by atoms with Gasteiger partial charge in [0.15, 0.2) is 11.8 Å². The number of hydrogen-bond donors (Lipinski definition) is 0. The van der Waals surface area contributed by atoms with Crippen LogP contribution in [0.1, 0.15) is 26.3 Å². The monoisotopic (exact) mass is 424 g/mol. The van der Waals surface area contributed by atoms with Gasteiger partial charge in [-0.05, 0) is 68.4 Å². The Bertz CT molecular complexity index is 953. The Morgan fingerprint density at radius 1 is 1.13 bits per heavy atom. The Balaban J connectivity index is 1.75. The second-order valence-electron chi connectivity index (χ2n) is 6.77. The normalized spacial score (nSPS) is 16.5. The number of amidine groups is 1. The van der Waals surface area contributed by atoms with Gasteiger partial charge >= 0.3 is 5.97 Å². The highest BCUT2D eigenvalue weighted by Gasteiger charge is 2.35. The van der Waals surface area contributed by atoms with E-state index in [-0.39, 0.29) is 18.6 Å². The number of nitrogens with zero attached hydrogens (tertiary/aromatic N) is 2. The number of rotatable bonds is 7. The van der Waals surface area contributed by atoms with Crippen molar-refractivity contribution in [1.29, 1.82) is 0 Å². The van der Waals surface area contributed by atoms with E-state index >= 15 is 0 Å². The summed E-state index contributed by atoms with van der Waals surface area (Å²) in [5.41, 5.74) is 1.67. The first kappa shape index (κ1) is 21.6. The fraction of sp³-hybridized carbons (Fsp3) is 0.261. The van der Waals surface area contributed by atoms with Gasteiger partial charge in [-0.25, -0.2) is 9.79 Å². The number of carbonyl (C=O) groups excluding carboxylic acids is 2. The van der Waals surface area contributed by atoms with Gasteiger partial charge in [0.05, 0.1) is 17.2 Å². The molecular weight excluding hydrogens is 400 g/mol. The average Bonchev–Trinajstić information content (AvgIpc) is 3.03. The molecule has 0 aromatic heterocycles. The molecule has 1 fully saturated rings. The summed E-state index contributed by atoms with van der Waals surface area (Å²) in [4.78, 5) is 31.3. The molecule has 0 saturated carbocycles.